The molecule has 1 N–H and O–H groups in total. The maximum Gasteiger partial charge on any atom is 0.273 e. The van der Waals surface area contributed by atoms with Crippen LogP contribution < -0.4 is 14.8 Å². The van der Waals surface area contributed by atoms with Crippen LogP contribution in [0.4, 0.5) is 0 Å². The molecule has 25 heavy (non-hydrogen) atoms. The zero-order valence-electron chi connectivity index (χ0n) is 14.7. The first kappa shape index (κ1) is 17.3. The Labute approximate surface area is 146 Å². The van der Waals surface area contributed by atoms with E-state index in [1.54, 1.807) is 38.5 Å². The van der Waals surface area contributed by atoms with Gasteiger partial charge >= 0.3 is 0 Å². The molecule has 1 aliphatic heterocycles. The fourth-order valence-electron chi connectivity index (χ4n) is 3.05. The number of hydrogen-bond acceptors (Lipinski definition) is 6. The van der Waals surface area contributed by atoms with Crippen molar-refractivity contribution in [3.8, 4) is 22.8 Å². The molecule has 0 unspecified atom stereocenters. The summed E-state index contributed by atoms with van der Waals surface area (Å²) in [6.07, 6.45) is 2.27. The molecular weight excluding hydrogens is 322 g/mol. The largest absolute Gasteiger partial charge is 0.497 e. The minimum Gasteiger partial charge on any atom is -0.497 e. The van der Waals surface area contributed by atoms with Crippen molar-refractivity contribution in [2.45, 2.75) is 18.9 Å². The van der Waals surface area contributed by atoms with Gasteiger partial charge in [0.25, 0.3) is 5.91 Å². The van der Waals surface area contributed by atoms with Crippen LogP contribution in [0.5, 0.6) is 11.5 Å². The summed E-state index contributed by atoms with van der Waals surface area (Å²) in [7, 11) is 5.24. The molecule has 1 aromatic carbocycles. The van der Waals surface area contributed by atoms with Gasteiger partial charge in [-0.2, -0.15) is 0 Å². The lowest BCUT2D eigenvalue weighted by Gasteiger charge is -2.19. The Kier molecular flexibility index (Phi) is 5.23. The number of amides is 1. The van der Waals surface area contributed by atoms with Crippen LogP contribution in [0.3, 0.4) is 0 Å². The Balaban J connectivity index is 1.72. The molecule has 0 spiro atoms. The number of aromatic nitrogens is 1. The highest BCUT2D eigenvalue weighted by molar-refractivity contribution is 5.93. The van der Waals surface area contributed by atoms with Gasteiger partial charge in [0.2, 0.25) is 0 Å². The van der Waals surface area contributed by atoms with Crippen LogP contribution >= 0.6 is 0 Å². The van der Waals surface area contributed by atoms with Crippen LogP contribution in [-0.4, -0.2) is 56.4 Å². The number of benzene rings is 1. The van der Waals surface area contributed by atoms with Gasteiger partial charge in [0.1, 0.15) is 11.5 Å². The van der Waals surface area contributed by atoms with Gasteiger partial charge < -0.3 is 24.2 Å². The molecule has 0 bridgehead atoms. The highest BCUT2D eigenvalue weighted by Crippen LogP contribution is 2.33. The van der Waals surface area contributed by atoms with Crippen LogP contribution in [0.15, 0.2) is 28.8 Å². The number of rotatable bonds is 6. The third kappa shape index (κ3) is 3.76. The smallest absolute Gasteiger partial charge is 0.273 e. The van der Waals surface area contributed by atoms with Gasteiger partial charge in [0.15, 0.2) is 11.5 Å². The van der Waals surface area contributed by atoms with E-state index in [-0.39, 0.29) is 11.6 Å². The number of methoxy groups -OCH3 is 2. The van der Waals surface area contributed by atoms with Gasteiger partial charge in [-0.05, 0) is 44.6 Å². The number of likely N-dealkylation sites (N-methyl/N-ethyl adjacent to an activating group) is 1. The third-order valence-electron chi connectivity index (χ3n) is 4.58. The number of carbonyl (C=O) groups excluding carboxylic acids is 1. The summed E-state index contributed by atoms with van der Waals surface area (Å²) >= 11 is 0. The zero-order chi connectivity index (χ0) is 17.8. The minimum atomic E-state index is -0.239. The van der Waals surface area contributed by atoms with Gasteiger partial charge in [0.05, 0.1) is 19.8 Å². The van der Waals surface area contributed by atoms with Crippen molar-refractivity contribution < 1.29 is 18.8 Å². The standard InChI is InChI=1S/C18H23N3O4/c1-21-8-4-5-12(21)11-19-18(22)15-10-17(25-20-15)14-9-13(23-2)6-7-16(14)24-3/h6-7,9-10,12H,4-5,8,11H2,1-3H3,(H,19,22)/t12-/m0/s1. The molecule has 1 amide bonds. The molecule has 7 heteroatoms. The van der Waals surface area contributed by atoms with Crippen LogP contribution in [0.1, 0.15) is 23.3 Å². The average Bonchev–Trinajstić information content (AvgIpc) is 3.28. The predicted molar refractivity (Wildman–Crippen MR) is 93.0 cm³/mol. The summed E-state index contributed by atoms with van der Waals surface area (Å²) in [5.74, 6) is 1.51. The summed E-state index contributed by atoms with van der Waals surface area (Å²) < 4.78 is 15.9. The van der Waals surface area contributed by atoms with E-state index in [2.05, 4.69) is 22.4 Å². The predicted octanol–water partition coefficient (Wildman–Crippen LogP) is 2.18. The molecule has 2 heterocycles. The second-order valence-electron chi connectivity index (χ2n) is 6.13. The molecule has 1 atom stereocenters. The van der Waals surface area contributed by atoms with Crippen molar-refractivity contribution >= 4 is 5.91 Å². The zero-order valence-corrected chi connectivity index (χ0v) is 14.7. The summed E-state index contributed by atoms with van der Waals surface area (Å²) in [5.41, 5.74) is 0.935. The Bertz CT molecular complexity index is 744. The molecule has 7 nitrogen and oxygen atoms in total. The SMILES string of the molecule is COc1ccc(OC)c(-c2cc(C(=O)NC[C@@H]3CCCN3C)no2)c1. The fraction of sp³-hybridized carbons (Fsp3) is 0.444. The van der Waals surface area contributed by atoms with E-state index >= 15 is 0 Å². The topological polar surface area (TPSA) is 76.8 Å². The Morgan fingerprint density at radius 3 is 2.88 bits per heavy atom. The lowest BCUT2D eigenvalue weighted by Crippen LogP contribution is -2.38. The van der Waals surface area contributed by atoms with Gasteiger partial charge in [-0.15, -0.1) is 0 Å². The number of hydrogen-bond donors (Lipinski definition) is 1. The highest BCUT2D eigenvalue weighted by Gasteiger charge is 2.22. The summed E-state index contributed by atoms with van der Waals surface area (Å²) in [4.78, 5) is 14.6. The van der Waals surface area contributed by atoms with Crippen LogP contribution in [0, 0.1) is 0 Å². The molecule has 0 saturated carbocycles. The summed E-state index contributed by atoms with van der Waals surface area (Å²) in [5, 5.41) is 6.82. The van der Waals surface area contributed by atoms with E-state index in [9.17, 15) is 4.79 Å². The second-order valence-corrected chi connectivity index (χ2v) is 6.13. The third-order valence-corrected chi connectivity index (χ3v) is 4.58. The van der Waals surface area contributed by atoms with Gasteiger partial charge in [0, 0.05) is 18.7 Å². The van der Waals surface area contributed by atoms with E-state index in [0.29, 0.717) is 35.4 Å². The Hall–Kier alpha value is -2.54. The number of ether oxygens (including phenoxy) is 2. The first-order valence-corrected chi connectivity index (χ1v) is 8.30. The monoisotopic (exact) mass is 345 g/mol. The van der Waals surface area contributed by atoms with Crippen LogP contribution in [0.25, 0.3) is 11.3 Å². The van der Waals surface area contributed by atoms with Crippen molar-refractivity contribution in [1.29, 1.82) is 0 Å². The van der Waals surface area contributed by atoms with Gasteiger partial charge in [-0.1, -0.05) is 5.16 Å². The van der Waals surface area contributed by atoms with Crippen molar-refractivity contribution in [2.75, 3.05) is 34.4 Å². The summed E-state index contributed by atoms with van der Waals surface area (Å²) in [6, 6.07) is 7.37. The van der Waals surface area contributed by atoms with E-state index in [4.69, 9.17) is 14.0 Å². The first-order valence-electron chi connectivity index (χ1n) is 8.30. The highest BCUT2D eigenvalue weighted by atomic mass is 16.5. The van der Waals surface area contributed by atoms with E-state index in [1.807, 2.05) is 0 Å². The van der Waals surface area contributed by atoms with Crippen molar-refractivity contribution in [3.63, 3.8) is 0 Å². The molecule has 1 aliphatic rings. The number of carbonyl (C=O) groups is 1. The molecular formula is C18H23N3O4. The molecule has 2 aromatic rings. The van der Waals surface area contributed by atoms with Gasteiger partial charge in [-0.3, -0.25) is 4.79 Å². The molecule has 3 rings (SSSR count). The minimum absolute atomic E-state index is 0.239. The molecule has 134 valence electrons. The normalized spacial score (nSPS) is 17.5. The molecule has 1 aromatic heterocycles. The summed E-state index contributed by atoms with van der Waals surface area (Å²) in [6.45, 7) is 1.68. The number of nitrogens with one attached hydrogen (secondary N) is 1. The van der Waals surface area contributed by atoms with E-state index in [0.717, 1.165) is 13.0 Å². The van der Waals surface area contributed by atoms with Crippen molar-refractivity contribution in [1.82, 2.24) is 15.4 Å². The lowest BCUT2D eigenvalue weighted by molar-refractivity contribution is 0.0934. The van der Waals surface area contributed by atoms with Crippen molar-refractivity contribution in [3.05, 3.63) is 30.0 Å². The first-order chi connectivity index (χ1) is 12.1. The average molecular weight is 345 g/mol. The maximum absolute atomic E-state index is 12.3. The number of likely N-dealkylation sites (tertiary alicyclic amines) is 1. The molecule has 1 saturated heterocycles. The van der Waals surface area contributed by atoms with Crippen molar-refractivity contribution in [2.24, 2.45) is 0 Å². The molecule has 1 fully saturated rings. The second kappa shape index (κ2) is 7.57. The maximum atomic E-state index is 12.3. The lowest BCUT2D eigenvalue weighted by atomic mass is 10.1. The molecule has 0 radical (unpaired) electrons. The van der Waals surface area contributed by atoms with Crippen LogP contribution in [-0.2, 0) is 0 Å². The Morgan fingerprint density at radius 1 is 1.36 bits per heavy atom. The Morgan fingerprint density at radius 2 is 2.20 bits per heavy atom. The van der Waals surface area contributed by atoms with Crippen LogP contribution in [0.2, 0.25) is 0 Å². The fourth-order valence-corrected chi connectivity index (χ4v) is 3.05. The molecule has 0 aliphatic carbocycles. The van der Waals surface area contributed by atoms with Gasteiger partial charge in [-0.25, -0.2) is 0 Å². The quantitative estimate of drug-likeness (QED) is 0.865. The van der Waals surface area contributed by atoms with E-state index < -0.39 is 0 Å². The van der Waals surface area contributed by atoms with E-state index in [1.165, 1.54) is 6.42 Å². The number of nitrogens with zero attached hydrogens (tertiary/aromatic N) is 2.